The van der Waals surface area contributed by atoms with Crippen molar-refractivity contribution >= 4 is 0 Å². The number of hydrogen-bond donors (Lipinski definition) is 1. The molecule has 0 aromatic carbocycles. The second-order valence-electron chi connectivity index (χ2n) is 5.26. The van der Waals surface area contributed by atoms with Gasteiger partial charge in [0.25, 0.3) is 0 Å². The number of aromatic nitrogens is 2. The lowest BCUT2D eigenvalue weighted by atomic mass is 9.93. The zero-order valence-electron chi connectivity index (χ0n) is 11.3. The molecule has 0 amide bonds. The molecule has 3 heteroatoms. The molecule has 3 atom stereocenters. The van der Waals surface area contributed by atoms with Crippen molar-refractivity contribution in [3.8, 4) is 0 Å². The summed E-state index contributed by atoms with van der Waals surface area (Å²) in [6.07, 6.45) is 7.38. The van der Waals surface area contributed by atoms with Crippen molar-refractivity contribution in [2.45, 2.75) is 45.6 Å². The summed E-state index contributed by atoms with van der Waals surface area (Å²) in [4.78, 5) is 0. The highest BCUT2D eigenvalue weighted by atomic mass is 15.3. The van der Waals surface area contributed by atoms with Gasteiger partial charge in [0.05, 0.1) is 11.7 Å². The van der Waals surface area contributed by atoms with Crippen LogP contribution in [0.25, 0.3) is 0 Å². The van der Waals surface area contributed by atoms with E-state index in [1.165, 1.54) is 31.4 Å². The van der Waals surface area contributed by atoms with Crippen LogP contribution in [0.5, 0.6) is 0 Å². The van der Waals surface area contributed by atoms with Crippen molar-refractivity contribution in [1.29, 1.82) is 0 Å². The fourth-order valence-electron chi connectivity index (χ4n) is 3.21. The molecular formula is C14H25N3. The molecule has 2 rings (SSSR count). The van der Waals surface area contributed by atoms with Gasteiger partial charge in [0.2, 0.25) is 0 Å². The van der Waals surface area contributed by atoms with Gasteiger partial charge >= 0.3 is 0 Å². The minimum atomic E-state index is 0.490. The first-order valence-electron chi connectivity index (χ1n) is 6.97. The van der Waals surface area contributed by atoms with Crippen LogP contribution in [0.15, 0.2) is 12.3 Å². The van der Waals surface area contributed by atoms with E-state index in [-0.39, 0.29) is 0 Å². The molecule has 1 fully saturated rings. The molecule has 1 heterocycles. The predicted octanol–water partition coefficient (Wildman–Crippen LogP) is 2.90. The highest BCUT2D eigenvalue weighted by Crippen LogP contribution is 2.40. The van der Waals surface area contributed by atoms with Gasteiger partial charge < -0.3 is 5.32 Å². The Balaban J connectivity index is 2.10. The van der Waals surface area contributed by atoms with Crippen LogP contribution in [0.4, 0.5) is 0 Å². The molecular weight excluding hydrogens is 210 g/mol. The number of nitrogens with zero attached hydrogens (tertiary/aromatic N) is 2. The van der Waals surface area contributed by atoms with Gasteiger partial charge in [-0.1, -0.05) is 26.7 Å². The molecule has 1 aliphatic rings. The van der Waals surface area contributed by atoms with E-state index in [9.17, 15) is 0 Å². The van der Waals surface area contributed by atoms with Gasteiger partial charge in [-0.3, -0.25) is 4.68 Å². The molecule has 0 radical (unpaired) electrons. The van der Waals surface area contributed by atoms with Gasteiger partial charge in [0.15, 0.2) is 0 Å². The van der Waals surface area contributed by atoms with Crippen LogP contribution in [-0.4, -0.2) is 16.3 Å². The Bertz CT molecular complexity index is 345. The second kappa shape index (κ2) is 5.67. The van der Waals surface area contributed by atoms with Gasteiger partial charge in [-0.25, -0.2) is 0 Å². The Kier molecular flexibility index (Phi) is 4.21. The van der Waals surface area contributed by atoms with E-state index < -0.39 is 0 Å². The zero-order chi connectivity index (χ0) is 12.3. The van der Waals surface area contributed by atoms with Gasteiger partial charge in [-0.05, 0) is 37.3 Å². The van der Waals surface area contributed by atoms with Gasteiger partial charge in [-0.2, -0.15) is 5.10 Å². The second-order valence-corrected chi connectivity index (χ2v) is 5.26. The average molecular weight is 235 g/mol. The Morgan fingerprint density at radius 3 is 2.82 bits per heavy atom. The Labute approximate surface area is 105 Å². The Hall–Kier alpha value is -0.830. The summed E-state index contributed by atoms with van der Waals surface area (Å²) in [6, 6.07) is 2.65. The van der Waals surface area contributed by atoms with Crippen molar-refractivity contribution in [2.24, 2.45) is 18.9 Å². The van der Waals surface area contributed by atoms with Gasteiger partial charge in [0, 0.05) is 13.2 Å². The fourth-order valence-corrected chi connectivity index (χ4v) is 3.21. The summed E-state index contributed by atoms with van der Waals surface area (Å²) in [5.41, 5.74) is 1.34. The van der Waals surface area contributed by atoms with Crippen LogP contribution in [0.2, 0.25) is 0 Å². The monoisotopic (exact) mass is 235 g/mol. The molecule has 17 heavy (non-hydrogen) atoms. The molecule has 96 valence electrons. The largest absolute Gasteiger partial charge is 0.309 e. The standard InChI is InChI=1S/C14H25N3/c1-4-11-6-7-12(10-11)14(15-5-2)13-8-9-16-17(13)3/h8-9,11-12,14-15H,4-7,10H2,1-3H3. The van der Waals surface area contributed by atoms with E-state index in [0.717, 1.165) is 18.4 Å². The lowest BCUT2D eigenvalue weighted by Crippen LogP contribution is -2.29. The molecule has 1 aromatic heterocycles. The van der Waals surface area contributed by atoms with E-state index >= 15 is 0 Å². The van der Waals surface area contributed by atoms with Crippen molar-refractivity contribution in [2.75, 3.05) is 6.54 Å². The van der Waals surface area contributed by atoms with E-state index in [2.05, 4.69) is 30.3 Å². The van der Waals surface area contributed by atoms with E-state index in [4.69, 9.17) is 0 Å². The van der Waals surface area contributed by atoms with Gasteiger partial charge in [0.1, 0.15) is 0 Å². The highest BCUT2D eigenvalue weighted by molar-refractivity contribution is 5.09. The first-order valence-corrected chi connectivity index (χ1v) is 6.97. The SMILES string of the molecule is CCNC(c1ccnn1C)C1CCC(CC)C1. The Morgan fingerprint density at radius 1 is 1.47 bits per heavy atom. The molecule has 1 N–H and O–H groups in total. The maximum Gasteiger partial charge on any atom is 0.0553 e. The molecule has 1 saturated carbocycles. The predicted molar refractivity (Wildman–Crippen MR) is 70.7 cm³/mol. The topological polar surface area (TPSA) is 29.9 Å². The summed E-state index contributed by atoms with van der Waals surface area (Å²) in [5.74, 6) is 1.73. The maximum absolute atomic E-state index is 4.31. The normalized spacial score (nSPS) is 26.3. The van der Waals surface area contributed by atoms with Gasteiger partial charge in [-0.15, -0.1) is 0 Å². The number of nitrogens with one attached hydrogen (secondary N) is 1. The van der Waals surface area contributed by atoms with Crippen molar-refractivity contribution < 1.29 is 0 Å². The van der Waals surface area contributed by atoms with E-state index in [1.807, 2.05) is 17.9 Å². The van der Waals surface area contributed by atoms with Crippen LogP contribution >= 0.6 is 0 Å². The maximum atomic E-state index is 4.31. The van der Waals surface area contributed by atoms with Crippen LogP contribution in [-0.2, 0) is 7.05 Å². The molecule has 1 aromatic rings. The van der Waals surface area contributed by atoms with Crippen LogP contribution in [0, 0.1) is 11.8 Å². The minimum Gasteiger partial charge on any atom is -0.309 e. The lowest BCUT2D eigenvalue weighted by molar-refractivity contribution is 0.344. The van der Waals surface area contributed by atoms with Crippen molar-refractivity contribution in [3.05, 3.63) is 18.0 Å². The van der Waals surface area contributed by atoms with E-state index in [1.54, 1.807) is 0 Å². The molecule has 0 saturated heterocycles. The first kappa shape index (κ1) is 12.6. The smallest absolute Gasteiger partial charge is 0.0553 e. The first-order chi connectivity index (χ1) is 8.26. The number of hydrogen-bond acceptors (Lipinski definition) is 2. The summed E-state index contributed by atoms with van der Waals surface area (Å²) < 4.78 is 2.02. The number of rotatable bonds is 5. The quantitative estimate of drug-likeness (QED) is 0.850. The molecule has 3 nitrogen and oxygen atoms in total. The summed E-state index contributed by atoms with van der Waals surface area (Å²) in [7, 11) is 2.05. The third-order valence-electron chi connectivity index (χ3n) is 4.23. The molecule has 0 spiro atoms. The Morgan fingerprint density at radius 2 is 2.29 bits per heavy atom. The molecule has 0 bridgehead atoms. The van der Waals surface area contributed by atoms with Crippen LogP contribution < -0.4 is 5.32 Å². The third-order valence-corrected chi connectivity index (χ3v) is 4.23. The number of aryl methyl sites for hydroxylation is 1. The molecule has 1 aliphatic carbocycles. The minimum absolute atomic E-state index is 0.490. The third kappa shape index (κ3) is 2.71. The van der Waals surface area contributed by atoms with E-state index in [0.29, 0.717) is 6.04 Å². The van der Waals surface area contributed by atoms with Crippen molar-refractivity contribution in [1.82, 2.24) is 15.1 Å². The van der Waals surface area contributed by atoms with Crippen LogP contribution in [0.1, 0.15) is 51.3 Å². The lowest BCUT2D eigenvalue weighted by Gasteiger charge is -2.24. The summed E-state index contributed by atoms with van der Waals surface area (Å²) in [5, 5.41) is 7.96. The summed E-state index contributed by atoms with van der Waals surface area (Å²) >= 11 is 0. The van der Waals surface area contributed by atoms with Crippen LogP contribution in [0.3, 0.4) is 0 Å². The summed E-state index contributed by atoms with van der Waals surface area (Å²) in [6.45, 7) is 5.54. The highest BCUT2D eigenvalue weighted by Gasteiger charge is 2.31. The average Bonchev–Trinajstić information content (AvgIpc) is 2.95. The zero-order valence-corrected chi connectivity index (χ0v) is 11.3. The fraction of sp³-hybridized carbons (Fsp3) is 0.786. The molecule has 0 aliphatic heterocycles. The van der Waals surface area contributed by atoms with Crippen molar-refractivity contribution in [3.63, 3.8) is 0 Å². The molecule has 3 unspecified atom stereocenters.